The molecule has 0 heterocycles. The van der Waals surface area contributed by atoms with Gasteiger partial charge in [0.1, 0.15) is 5.82 Å². The average Bonchev–Trinajstić information content (AvgIpc) is 2.45. The van der Waals surface area contributed by atoms with E-state index in [4.69, 9.17) is 5.73 Å². The van der Waals surface area contributed by atoms with Gasteiger partial charge in [0.15, 0.2) is 0 Å². The highest BCUT2D eigenvalue weighted by atomic mass is 14.9. The smallest absolute Gasteiger partial charge is 0.116 e. The average molecular weight is 290 g/mol. The van der Waals surface area contributed by atoms with Crippen molar-refractivity contribution in [1.82, 2.24) is 0 Å². The topological polar surface area (TPSA) is 38.4 Å². The molecule has 0 rings (SSSR count). The summed E-state index contributed by atoms with van der Waals surface area (Å²) in [5.41, 5.74) is 6.84. The van der Waals surface area contributed by atoms with Crippen LogP contribution in [0.1, 0.15) is 72.1 Å². The molecule has 0 amide bonds. The van der Waals surface area contributed by atoms with Crippen molar-refractivity contribution < 1.29 is 0 Å². The zero-order chi connectivity index (χ0) is 16.1. The summed E-state index contributed by atoms with van der Waals surface area (Å²) in [7, 11) is 0. The van der Waals surface area contributed by atoms with E-state index >= 15 is 0 Å². The zero-order valence-corrected chi connectivity index (χ0v) is 14.3. The van der Waals surface area contributed by atoms with Gasteiger partial charge in [-0.3, -0.25) is 0 Å². The van der Waals surface area contributed by atoms with Gasteiger partial charge in [0.2, 0.25) is 0 Å². The van der Waals surface area contributed by atoms with Crippen molar-refractivity contribution in [3.05, 3.63) is 37.2 Å². The zero-order valence-electron chi connectivity index (χ0n) is 14.3. The number of allylic oxidation sites excluding steroid dienone is 3. The molecule has 0 aliphatic rings. The lowest BCUT2D eigenvalue weighted by atomic mass is 9.75. The first-order valence-corrected chi connectivity index (χ1v) is 8.32. The molecule has 0 aromatic rings. The van der Waals surface area contributed by atoms with Crippen molar-refractivity contribution >= 4 is 5.71 Å². The van der Waals surface area contributed by atoms with E-state index in [1.165, 1.54) is 38.5 Å². The van der Waals surface area contributed by atoms with Crippen LogP contribution in [-0.2, 0) is 0 Å². The molecule has 0 bridgehead atoms. The Morgan fingerprint density at radius 2 is 1.71 bits per heavy atom. The van der Waals surface area contributed by atoms with Crippen molar-refractivity contribution in [3.63, 3.8) is 0 Å². The summed E-state index contributed by atoms with van der Waals surface area (Å²) in [6.45, 7) is 14.3. The van der Waals surface area contributed by atoms with E-state index in [1.807, 2.05) is 12.2 Å². The molecule has 2 nitrogen and oxygen atoms in total. The Morgan fingerprint density at radius 1 is 1.10 bits per heavy atom. The van der Waals surface area contributed by atoms with Gasteiger partial charge in [-0.05, 0) is 18.9 Å². The molecular formula is C19H34N2. The van der Waals surface area contributed by atoms with E-state index in [2.05, 4.69) is 38.9 Å². The molecule has 120 valence electrons. The van der Waals surface area contributed by atoms with E-state index in [-0.39, 0.29) is 5.41 Å². The van der Waals surface area contributed by atoms with Crippen LogP contribution in [0.2, 0.25) is 0 Å². The van der Waals surface area contributed by atoms with Gasteiger partial charge >= 0.3 is 0 Å². The Balaban J connectivity index is 5.13. The quantitative estimate of drug-likeness (QED) is 0.277. The lowest BCUT2D eigenvalue weighted by Crippen LogP contribution is -2.27. The first-order valence-electron chi connectivity index (χ1n) is 8.32. The molecule has 2 heteroatoms. The summed E-state index contributed by atoms with van der Waals surface area (Å²) in [5.74, 6) is 0.384. The lowest BCUT2D eigenvalue weighted by molar-refractivity contribution is 0.363. The van der Waals surface area contributed by atoms with Crippen LogP contribution in [0, 0.1) is 5.41 Å². The monoisotopic (exact) mass is 290 g/mol. The summed E-state index contributed by atoms with van der Waals surface area (Å²) in [5, 5.41) is 0. The molecule has 21 heavy (non-hydrogen) atoms. The normalized spacial score (nSPS) is 15.1. The highest BCUT2D eigenvalue weighted by Gasteiger charge is 2.28. The molecule has 0 saturated heterocycles. The molecule has 0 aromatic carbocycles. The Bertz CT molecular complexity index is 366. The summed E-state index contributed by atoms with van der Waals surface area (Å²) >= 11 is 0. The first-order chi connectivity index (χ1) is 10.00. The lowest BCUT2D eigenvalue weighted by Gasteiger charge is -2.30. The third-order valence-electron chi connectivity index (χ3n) is 3.94. The third kappa shape index (κ3) is 8.54. The Kier molecular flexibility index (Phi) is 10.7. The van der Waals surface area contributed by atoms with Crippen molar-refractivity contribution in [2.75, 3.05) is 0 Å². The Morgan fingerprint density at radius 3 is 2.24 bits per heavy atom. The standard InChI is InChI=1S/C19H34N2/c1-6-9-12-13-16-19(5,15-11-8-3)18(14-10-7-2)21-17(4)20/h7,10,14H,2,4,6,8-9,11-13,15-16,20H2,1,3,5H3/b14-10-,21-18+. The van der Waals surface area contributed by atoms with Crippen LogP contribution in [0.15, 0.2) is 42.2 Å². The molecule has 1 atom stereocenters. The molecule has 0 spiro atoms. The maximum atomic E-state index is 5.73. The van der Waals surface area contributed by atoms with Crippen molar-refractivity contribution in [2.45, 2.75) is 72.1 Å². The molecule has 0 radical (unpaired) electrons. The fraction of sp³-hybridized carbons (Fsp3) is 0.632. The minimum Gasteiger partial charge on any atom is -0.384 e. The molecule has 0 saturated carbocycles. The van der Waals surface area contributed by atoms with Crippen LogP contribution in [0.4, 0.5) is 0 Å². The van der Waals surface area contributed by atoms with Gasteiger partial charge < -0.3 is 5.73 Å². The predicted molar refractivity (Wildman–Crippen MR) is 96.5 cm³/mol. The van der Waals surface area contributed by atoms with E-state index in [9.17, 15) is 0 Å². The SMILES string of the molecule is C=C/C=C\C(=N/C(=C)N)C(C)(CCCC)CCCCCC. The van der Waals surface area contributed by atoms with Crippen LogP contribution < -0.4 is 5.73 Å². The van der Waals surface area contributed by atoms with E-state index in [1.54, 1.807) is 6.08 Å². The second-order valence-electron chi connectivity index (χ2n) is 6.06. The third-order valence-corrected chi connectivity index (χ3v) is 3.94. The van der Waals surface area contributed by atoms with Crippen molar-refractivity contribution in [3.8, 4) is 0 Å². The second-order valence-corrected chi connectivity index (χ2v) is 6.06. The number of rotatable bonds is 12. The van der Waals surface area contributed by atoms with Crippen LogP contribution in [0.3, 0.4) is 0 Å². The van der Waals surface area contributed by atoms with Crippen LogP contribution in [-0.4, -0.2) is 5.71 Å². The summed E-state index contributed by atoms with van der Waals surface area (Å²) in [6, 6.07) is 0. The number of nitrogens with zero attached hydrogens (tertiary/aromatic N) is 1. The Labute approximate surface area is 131 Å². The van der Waals surface area contributed by atoms with E-state index < -0.39 is 0 Å². The van der Waals surface area contributed by atoms with Gasteiger partial charge in [-0.2, -0.15) is 0 Å². The molecular weight excluding hydrogens is 256 g/mol. The summed E-state index contributed by atoms with van der Waals surface area (Å²) in [4.78, 5) is 4.50. The van der Waals surface area contributed by atoms with Crippen molar-refractivity contribution in [2.24, 2.45) is 16.1 Å². The minimum absolute atomic E-state index is 0.0750. The number of hydrogen-bond acceptors (Lipinski definition) is 2. The van der Waals surface area contributed by atoms with Gasteiger partial charge in [0.25, 0.3) is 0 Å². The highest BCUT2D eigenvalue weighted by Crippen LogP contribution is 2.34. The number of unbranched alkanes of at least 4 members (excludes halogenated alkanes) is 4. The summed E-state index contributed by atoms with van der Waals surface area (Å²) in [6.07, 6.45) is 15.6. The van der Waals surface area contributed by atoms with Crippen molar-refractivity contribution in [1.29, 1.82) is 0 Å². The molecule has 0 aromatic heterocycles. The number of hydrogen-bond donors (Lipinski definition) is 1. The van der Waals surface area contributed by atoms with Gasteiger partial charge in [-0.15, -0.1) is 0 Å². The molecule has 0 aliphatic heterocycles. The minimum atomic E-state index is 0.0750. The fourth-order valence-electron chi connectivity index (χ4n) is 2.58. The van der Waals surface area contributed by atoms with E-state index in [0.29, 0.717) is 5.82 Å². The van der Waals surface area contributed by atoms with Gasteiger partial charge in [-0.1, -0.05) is 84.6 Å². The van der Waals surface area contributed by atoms with Gasteiger partial charge in [0.05, 0.1) is 0 Å². The van der Waals surface area contributed by atoms with E-state index in [0.717, 1.165) is 18.6 Å². The molecule has 1 unspecified atom stereocenters. The number of nitrogens with two attached hydrogens (primary N) is 1. The summed E-state index contributed by atoms with van der Waals surface area (Å²) < 4.78 is 0. The van der Waals surface area contributed by atoms with Crippen LogP contribution in [0.25, 0.3) is 0 Å². The van der Waals surface area contributed by atoms with Gasteiger partial charge in [-0.25, -0.2) is 4.99 Å². The maximum Gasteiger partial charge on any atom is 0.116 e. The predicted octanol–water partition coefficient (Wildman–Crippen LogP) is 5.77. The second kappa shape index (κ2) is 11.4. The number of aliphatic imine (C=N–C) groups is 1. The molecule has 2 N–H and O–H groups in total. The largest absolute Gasteiger partial charge is 0.384 e. The first kappa shape index (κ1) is 19.7. The Hall–Kier alpha value is -1.31. The fourth-order valence-corrected chi connectivity index (χ4v) is 2.58. The maximum absolute atomic E-state index is 5.73. The van der Waals surface area contributed by atoms with Crippen LogP contribution >= 0.6 is 0 Å². The molecule has 0 aliphatic carbocycles. The van der Waals surface area contributed by atoms with Gasteiger partial charge in [0, 0.05) is 11.1 Å². The van der Waals surface area contributed by atoms with Crippen LogP contribution in [0.5, 0.6) is 0 Å². The highest BCUT2D eigenvalue weighted by molar-refractivity contribution is 6.00. The molecule has 0 fully saturated rings.